The molecule has 0 amide bonds. The summed E-state index contributed by atoms with van der Waals surface area (Å²) in [5.74, 6) is 7.32. The maximum absolute atomic E-state index is 1.65. The molecule has 60 valence electrons. The van der Waals surface area contributed by atoms with E-state index in [1.807, 2.05) is 0 Å². The first-order valence-electron chi connectivity index (χ1n) is 5.43. The predicted octanol–water partition coefficient (Wildman–Crippen LogP) is 2.69. The third kappa shape index (κ3) is 0.467. The van der Waals surface area contributed by atoms with Gasteiger partial charge in [-0.15, -0.1) is 0 Å². The molecular formula is C11H16. The van der Waals surface area contributed by atoms with Crippen molar-refractivity contribution < 1.29 is 0 Å². The van der Waals surface area contributed by atoms with Gasteiger partial charge >= 0.3 is 0 Å². The monoisotopic (exact) mass is 148 g/mol. The first kappa shape index (κ1) is 5.61. The van der Waals surface area contributed by atoms with Crippen LogP contribution in [0.1, 0.15) is 32.1 Å². The van der Waals surface area contributed by atoms with Crippen LogP contribution in [0.15, 0.2) is 0 Å². The SMILES string of the molecule is C1CC2C3CC4C1CC2C4C3. The average molecular weight is 148 g/mol. The Labute approximate surface area is 68.4 Å². The molecule has 4 bridgehead atoms. The molecule has 4 aliphatic carbocycles. The van der Waals surface area contributed by atoms with E-state index in [1.165, 1.54) is 35.5 Å². The van der Waals surface area contributed by atoms with Crippen LogP contribution in [-0.4, -0.2) is 0 Å². The maximum atomic E-state index is 1.65. The average Bonchev–Trinajstić information content (AvgIpc) is 2.57. The lowest BCUT2D eigenvalue weighted by molar-refractivity contribution is 0.221. The second-order valence-corrected chi connectivity index (χ2v) is 5.46. The van der Waals surface area contributed by atoms with Crippen LogP contribution in [0.3, 0.4) is 0 Å². The maximum Gasteiger partial charge on any atom is -0.0349 e. The minimum atomic E-state index is 1.20. The number of hydrogen-bond donors (Lipinski definition) is 0. The minimum Gasteiger partial charge on any atom is -0.0499 e. The third-order valence-corrected chi connectivity index (χ3v) is 5.46. The van der Waals surface area contributed by atoms with Gasteiger partial charge < -0.3 is 0 Å². The van der Waals surface area contributed by atoms with Gasteiger partial charge in [0, 0.05) is 0 Å². The van der Waals surface area contributed by atoms with Crippen molar-refractivity contribution in [3.63, 3.8) is 0 Å². The third-order valence-electron chi connectivity index (χ3n) is 5.46. The van der Waals surface area contributed by atoms with Crippen LogP contribution in [0.25, 0.3) is 0 Å². The number of rotatable bonds is 0. The summed E-state index contributed by atoms with van der Waals surface area (Å²) < 4.78 is 0. The fourth-order valence-electron chi connectivity index (χ4n) is 5.26. The molecule has 4 saturated carbocycles. The molecule has 0 aromatic heterocycles. The lowest BCUT2D eigenvalue weighted by atomic mass is 9.78. The molecule has 4 aliphatic rings. The molecule has 0 heterocycles. The molecule has 6 unspecified atom stereocenters. The van der Waals surface area contributed by atoms with Crippen LogP contribution in [0, 0.1) is 35.5 Å². The van der Waals surface area contributed by atoms with E-state index < -0.39 is 0 Å². The standard InChI is InChI=1S/C11H16/c1-2-8-7-4-9-6(1)3-10(8)11(9)5-7/h6-11H,1-5H2. The van der Waals surface area contributed by atoms with Gasteiger partial charge in [-0.05, 0) is 67.6 Å². The van der Waals surface area contributed by atoms with Gasteiger partial charge in [-0.1, -0.05) is 0 Å². The van der Waals surface area contributed by atoms with E-state index in [0.717, 1.165) is 0 Å². The zero-order valence-corrected chi connectivity index (χ0v) is 7.00. The lowest BCUT2D eigenvalue weighted by Crippen LogP contribution is -2.19. The number of fused-ring (bicyclic) bond motifs is 4. The van der Waals surface area contributed by atoms with Crippen LogP contribution in [-0.2, 0) is 0 Å². The van der Waals surface area contributed by atoms with Crippen molar-refractivity contribution in [1.82, 2.24) is 0 Å². The van der Waals surface area contributed by atoms with E-state index >= 15 is 0 Å². The predicted molar refractivity (Wildman–Crippen MR) is 44.0 cm³/mol. The Morgan fingerprint density at radius 2 is 1.27 bits per heavy atom. The van der Waals surface area contributed by atoms with Crippen molar-refractivity contribution in [2.45, 2.75) is 32.1 Å². The highest BCUT2D eigenvalue weighted by Gasteiger charge is 2.61. The molecule has 0 aromatic carbocycles. The van der Waals surface area contributed by atoms with Gasteiger partial charge in [-0.25, -0.2) is 0 Å². The van der Waals surface area contributed by atoms with E-state index in [1.54, 1.807) is 32.1 Å². The van der Waals surface area contributed by atoms with Crippen LogP contribution < -0.4 is 0 Å². The highest BCUT2D eigenvalue weighted by Crippen LogP contribution is 2.69. The number of hydrogen-bond acceptors (Lipinski definition) is 0. The molecule has 0 heteroatoms. The normalized spacial score (nSPS) is 69.8. The Hall–Kier alpha value is 0. The summed E-state index contributed by atoms with van der Waals surface area (Å²) in [6.07, 6.45) is 8.18. The first-order valence-corrected chi connectivity index (χ1v) is 5.43. The largest absolute Gasteiger partial charge is 0.0499 e. The van der Waals surface area contributed by atoms with E-state index in [4.69, 9.17) is 0 Å². The van der Waals surface area contributed by atoms with Gasteiger partial charge in [0.1, 0.15) is 0 Å². The molecule has 6 atom stereocenters. The van der Waals surface area contributed by atoms with Gasteiger partial charge in [0.2, 0.25) is 0 Å². The van der Waals surface area contributed by atoms with Crippen molar-refractivity contribution in [2.24, 2.45) is 35.5 Å². The zero-order valence-electron chi connectivity index (χ0n) is 7.00. The fraction of sp³-hybridized carbons (Fsp3) is 1.00. The Kier molecular flexibility index (Phi) is 0.781. The van der Waals surface area contributed by atoms with Crippen LogP contribution in [0.4, 0.5) is 0 Å². The smallest absolute Gasteiger partial charge is 0.0349 e. The van der Waals surface area contributed by atoms with Crippen LogP contribution >= 0.6 is 0 Å². The molecule has 4 rings (SSSR count). The summed E-state index contributed by atoms with van der Waals surface area (Å²) >= 11 is 0. The van der Waals surface area contributed by atoms with Gasteiger partial charge in [0.25, 0.3) is 0 Å². The molecule has 0 N–H and O–H groups in total. The molecule has 11 heavy (non-hydrogen) atoms. The van der Waals surface area contributed by atoms with E-state index in [-0.39, 0.29) is 0 Å². The summed E-state index contributed by atoms with van der Waals surface area (Å²) in [7, 11) is 0. The van der Waals surface area contributed by atoms with Gasteiger partial charge in [0.15, 0.2) is 0 Å². The van der Waals surface area contributed by atoms with E-state index in [0.29, 0.717) is 0 Å². The second kappa shape index (κ2) is 1.53. The summed E-state index contributed by atoms with van der Waals surface area (Å²) in [4.78, 5) is 0. The lowest BCUT2D eigenvalue weighted by Gasteiger charge is -2.27. The molecule has 0 nitrogen and oxygen atoms in total. The van der Waals surface area contributed by atoms with E-state index in [2.05, 4.69) is 0 Å². The first-order chi connectivity index (χ1) is 5.43. The van der Waals surface area contributed by atoms with Crippen molar-refractivity contribution in [2.75, 3.05) is 0 Å². The topological polar surface area (TPSA) is 0 Å². The molecule has 4 fully saturated rings. The summed E-state index contributed by atoms with van der Waals surface area (Å²) in [5.41, 5.74) is 0. The van der Waals surface area contributed by atoms with Gasteiger partial charge in [-0.3, -0.25) is 0 Å². The van der Waals surface area contributed by atoms with Crippen molar-refractivity contribution in [3.8, 4) is 0 Å². The van der Waals surface area contributed by atoms with Crippen LogP contribution in [0.2, 0.25) is 0 Å². The molecular weight excluding hydrogens is 132 g/mol. The van der Waals surface area contributed by atoms with Gasteiger partial charge in [0.05, 0.1) is 0 Å². The fourth-order valence-corrected chi connectivity index (χ4v) is 5.26. The molecule has 0 aliphatic heterocycles. The van der Waals surface area contributed by atoms with Crippen molar-refractivity contribution in [3.05, 3.63) is 0 Å². The molecule has 0 radical (unpaired) electrons. The Morgan fingerprint density at radius 3 is 2.27 bits per heavy atom. The second-order valence-electron chi connectivity index (χ2n) is 5.46. The van der Waals surface area contributed by atoms with Crippen molar-refractivity contribution >= 4 is 0 Å². The zero-order chi connectivity index (χ0) is 7.00. The Morgan fingerprint density at radius 1 is 0.545 bits per heavy atom. The quantitative estimate of drug-likeness (QED) is 0.495. The molecule has 0 saturated heterocycles. The highest BCUT2D eigenvalue weighted by molar-refractivity contribution is 5.10. The Bertz CT molecular complexity index is 193. The van der Waals surface area contributed by atoms with Crippen molar-refractivity contribution in [1.29, 1.82) is 0 Å². The summed E-state index contributed by atoms with van der Waals surface area (Å²) in [5, 5.41) is 0. The van der Waals surface area contributed by atoms with Crippen LogP contribution in [0.5, 0.6) is 0 Å². The highest BCUT2D eigenvalue weighted by atomic mass is 14.7. The van der Waals surface area contributed by atoms with Gasteiger partial charge in [-0.2, -0.15) is 0 Å². The summed E-state index contributed by atoms with van der Waals surface area (Å²) in [6, 6.07) is 0. The van der Waals surface area contributed by atoms with E-state index in [9.17, 15) is 0 Å². The molecule has 0 spiro atoms. The summed E-state index contributed by atoms with van der Waals surface area (Å²) in [6.45, 7) is 0. The molecule has 0 aromatic rings. The minimum absolute atomic E-state index is 1.20. The Balaban J connectivity index is 1.92.